The van der Waals surface area contributed by atoms with Crippen LogP contribution in [0.4, 0.5) is 0 Å². The summed E-state index contributed by atoms with van der Waals surface area (Å²) in [6, 6.07) is 0. The maximum Gasteiger partial charge on any atom is 0.140 e. The van der Waals surface area contributed by atoms with Crippen molar-refractivity contribution in [1.82, 2.24) is 0 Å². The molecular formula is C5H6O3. The molecular weight excluding hydrogens is 108 g/mol. The second kappa shape index (κ2) is 2.35. The molecule has 0 aliphatic carbocycles. The van der Waals surface area contributed by atoms with Gasteiger partial charge >= 0.3 is 0 Å². The van der Waals surface area contributed by atoms with Gasteiger partial charge in [-0.15, -0.1) is 0 Å². The Balaban J connectivity index is 4.18. The lowest BCUT2D eigenvalue weighted by atomic mass is 9.98. The Morgan fingerprint density at radius 3 is 1.25 bits per heavy atom. The third-order valence-electron chi connectivity index (χ3n) is 0.762. The summed E-state index contributed by atoms with van der Waals surface area (Å²) in [6.45, 7) is 1.25. The van der Waals surface area contributed by atoms with Crippen molar-refractivity contribution in [2.24, 2.45) is 5.41 Å². The number of aldehydes is 3. The first-order valence-electron chi connectivity index (χ1n) is 2.07. The summed E-state index contributed by atoms with van der Waals surface area (Å²) < 4.78 is 0. The van der Waals surface area contributed by atoms with Crippen LogP contribution in [0, 0.1) is 5.41 Å². The van der Waals surface area contributed by atoms with E-state index in [0.29, 0.717) is 18.9 Å². The lowest BCUT2D eigenvalue weighted by Gasteiger charge is -2.00. The van der Waals surface area contributed by atoms with E-state index < -0.39 is 5.41 Å². The van der Waals surface area contributed by atoms with Gasteiger partial charge in [-0.2, -0.15) is 0 Å². The largest absolute Gasteiger partial charge is 0.302 e. The quantitative estimate of drug-likeness (QED) is 0.370. The third kappa shape index (κ3) is 1.26. The Bertz CT molecular complexity index is 95.1. The SMILES string of the molecule is CC(C=O)(C=O)C=O. The van der Waals surface area contributed by atoms with Gasteiger partial charge in [0.15, 0.2) is 0 Å². The number of hydrogen-bond acceptors (Lipinski definition) is 3. The number of carbonyl (C=O) groups is 3. The second-order valence-electron chi connectivity index (χ2n) is 1.72. The molecule has 0 saturated carbocycles. The van der Waals surface area contributed by atoms with E-state index in [4.69, 9.17) is 0 Å². The molecule has 8 heavy (non-hydrogen) atoms. The predicted molar refractivity (Wildman–Crippen MR) is 26.3 cm³/mol. The number of rotatable bonds is 3. The zero-order valence-corrected chi connectivity index (χ0v) is 4.46. The zero-order chi connectivity index (χ0) is 6.62. The Morgan fingerprint density at radius 1 is 1.00 bits per heavy atom. The summed E-state index contributed by atoms with van der Waals surface area (Å²) >= 11 is 0. The fraction of sp³-hybridized carbons (Fsp3) is 0.400. The standard InChI is InChI=1S/C5H6O3/c1-5(2-6,3-7)4-8/h2-4H,1H3. The molecule has 0 aromatic rings. The van der Waals surface area contributed by atoms with Crippen molar-refractivity contribution in [3.63, 3.8) is 0 Å². The molecule has 0 bridgehead atoms. The number of carbonyl (C=O) groups excluding carboxylic acids is 3. The van der Waals surface area contributed by atoms with E-state index in [1.54, 1.807) is 0 Å². The molecule has 0 fully saturated rings. The van der Waals surface area contributed by atoms with Crippen LogP contribution >= 0.6 is 0 Å². The summed E-state index contributed by atoms with van der Waals surface area (Å²) in [4.78, 5) is 29.5. The van der Waals surface area contributed by atoms with Gasteiger partial charge in [0.2, 0.25) is 0 Å². The summed E-state index contributed by atoms with van der Waals surface area (Å²) in [5.74, 6) is 0. The molecule has 0 N–H and O–H groups in total. The van der Waals surface area contributed by atoms with E-state index in [1.807, 2.05) is 0 Å². The lowest BCUT2D eigenvalue weighted by Crippen LogP contribution is -2.21. The molecule has 0 rings (SSSR count). The van der Waals surface area contributed by atoms with Gasteiger partial charge in [-0.05, 0) is 6.92 Å². The highest BCUT2D eigenvalue weighted by Crippen LogP contribution is 2.01. The monoisotopic (exact) mass is 114 g/mol. The van der Waals surface area contributed by atoms with E-state index in [0.717, 1.165) is 0 Å². The Morgan fingerprint density at radius 2 is 1.25 bits per heavy atom. The molecule has 0 saturated heterocycles. The van der Waals surface area contributed by atoms with Gasteiger partial charge in [0, 0.05) is 0 Å². The average molecular weight is 114 g/mol. The van der Waals surface area contributed by atoms with Crippen LogP contribution in [0.1, 0.15) is 6.92 Å². The second-order valence-corrected chi connectivity index (χ2v) is 1.72. The maximum absolute atomic E-state index is 9.83. The average Bonchev–Trinajstić information content (AvgIpc) is 1.87. The topological polar surface area (TPSA) is 51.2 Å². The summed E-state index contributed by atoms with van der Waals surface area (Å²) in [6.07, 6.45) is 0.938. The molecule has 0 aliphatic rings. The molecule has 0 atom stereocenters. The van der Waals surface area contributed by atoms with Gasteiger partial charge in [-0.3, -0.25) is 0 Å². The predicted octanol–water partition coefficient (Wildman–Crippen LogP) is -0.411. The molecule has 44 valence electrons. The Hall–Kier alpha value is -0.990. The van der Waals surface area contributed by atoms with E-state index in [-0.39, 0.29) is 0 Å². The molecule has 0 spiro atoms. The number of hydrogen-bond donors (Lipinski definition) is 0. The minimum absolute atomic E-state index is 0.312. The van der Waals surface area contributed by atoms with E-state index >= 15 is 0 Å². The van der Waals surface area contributed by atoms with Gasteiger partial charge in [-0.1, -0.05) is 0 Å². The molecule has 0 aromatic carbocycles. The zero-order valence-electron chi connectivity index (χ0n) is 4.46. The minimum Gasteiger partial charge on any atom is -0.302 e. The normalized spacial score (nSPS) is 10.1. The van der Waals surface area contributed by atoms with Crippen molar-refractivity contribution >= 4 is 18.9 Å². The fourth-order valence-electron chi connectivity index (χ4n) is 0.0833. The summed E-state index contributed by atoms with van der Waals surface area (Å²) in [5.41, 5.74) is -1.42. The first-order valence-corrected chi connectivity index (χ1v) is 2.07. The van der Waals surface area contributed by atoms with E-state index in [2.05, 4.69) is 0 Å². The van der Waals surface area contributed by atoms with Crippen LogP contribution in [0.5, 0.6) is 0 Å². The molecule has 0 aliphatic heterocycles. The first kappa shape index (κ1) is 7.01. The van der Waals surface area contributed by atoms with Crippen LogP contribution in [0.3, 0.4) is 0 Å². The van der Waals surface area contributed by atoms with Crippen molar-refractivity contribution in [2.75, 3.05) is 0 Å². The van der Waals surface area contributed by atoms with Gasteiger partial charge in [0.1, 0.15) is 24.3 Å². The van der Waals surface area contributed by atoms with Gasteiger partial charge < -0.3 is 14.4 Å². The minimum atomic E-state index is -1.42. The maximum atomic E-state index is 9.83. The molecule has 0 unspecified atom stereocenters. The molecule has 3 heteroatoms. The first-order chi connectivity index (χ1) is 3.68. The molecule has 0 amide bonds. The molecule has 0 aromatic heterocycles. The van der Waals surface area contributed by atoms with Crippen molar-refractivity contribution in [2.45, 2.75) is 6.92 Å². The van der Waals surface area contributed by atoms with Gasteiger partial charge in [0.05, 0.1) is 0 Å². The van der Waals surface area contributed by atoms with Crippen LogP contribution in [0.15, 0.2) is 0 Å². The smallest absolute Gasteiger partial charge is 0.140 e. The highest BCUT2D eigenvalue weighted by molar-refractivity contribution is 6.01. The van der Waals surface area contributed by atoms with Crippen LogP contribution in [0.2, 0.25) is 0 Å². The Kier molecular flexibility index (Phi) is 2.06. The Labute approximate surface area is 46.7 Å². The fourth-order valence-corrected chi connectivity index (χ4v) is 0.0833. The summed E-state index contributed by atoms with van der Waals surface area (Å²) in [5, 5.41) is 0. The van der Waals surface area contributed by atoms with Crippen LogP contribution in [0.25, 0.3) is 0 Å². The van der Waals surface area contributed by atoms with Gasteiger partial charge in [0.25, 0.3) is 0 Å². The van der Waals surface area contributed by atoms with Crippen LogP contribution < -0.4 is 0 Å². The third-order valence-corrected chi connectivity index (χ3v) is 0.762. The van der Waals surface area contributed by atoms with Crippen molar-refractivity contribution in [3.05, 3.63) is 0 Å². The van der Waals surface area contributed by atoms with Crippen molar-refractivity contribution < 1.29 is 14.4 Å². The highest BCUT2D eigenvalue weighted by Gasteiger charge is 2.20. The molecule has 0 radical (unpaired) electrons. The van der Waals surface area contributed by atoms with Gasteiger partial charge in [-0.25, -0.2) is 0 Å². The molecule has 0 heterocycles. The highest BCUT2D eigenvalue weighted by atomic mass is 16.2. The van der Waals surface area contributed by atoms with Crippen molar-refractivity contribution in [1.29, 1.82) is 0 Å². The van der Waals surface area contributed by atoms with Crippen LogP contribution in [-0.4, -0.2) is 18.9 Å². The summed E-state index contributed by atoms with van der Waals surface area (Å²) in [7, 11) is 0. The molecule has 3 nitrogen and oxygen atoms in total. The van der Waals surface area contributed by atoms with Crippen LogP contribution in [-0.2, 0) is 14.4 Å². The van der Waals surface area contributed by atoms with E-state index in [1.165, 1.54) is 6.92 Å². The van der Waals surface area contributed by atoms with Crippen molar-refractivity contribution in [3.8, 4) is 0 Å². The lowest BCUT2D eigenvalue weighted by molar-refractivity contribution is -0.131. The van der Waals surface area contributed by atoms with E-state index in [9.17, 15) is 14.4 Å².